The molecule has 0 fully saturated rings. The highest BCUT2D eigenvalue weighted by molar-refractivity contribution is 5.40. The number of methoxy groups -OCH3 is 1. The van der Waals surface area contributed by atoms with Crippen molar-refractivity contribution in [2.75, 3.05) is 19.1 Å². The minimum absolute atomic E-state index is 0.374. The summed E-state index contributed by atoms with van der Waals surface area (Å²) < 4.78 is 5.33. The monoisotopic (exact) mass is 268 g/mol. The topological polar surface area (TPSA) is 62.0 Å². The second-order valence-corrected chi connectivity index (χ2v) is 4.47. The fraction of sp³-hybridized carbons (Fsp3) is 0.267. The molecule has 0 saturated carbocycles. The van der Waals surface area contributed by atoms with E-state index in [1.54, 1.807) is 13.2 Å². The average Bonchev–Trinajstić information content (AvgIpc) is 2.47. The number of hydrogen-bond donors (Lipinski definition) is 0. The van der Waals surface area contributed by atoms with Crippen molar-refractivity contribution in [3.05, 3.63) is 47.3 Å². The van der Waals surface area contributed by atoms with Crippen molar-refractivity contribution in [2.24, 2.45) is 0 Å². The number of nitrogens with zero attached hydrogens (tertiary/aromatic N) is 4. The summed E-state index contributed by atoms with van der Waals surface area (Å²) in [5.41, 5.74) is 2.19. The van der Waals surface area contributed by atoms with E-state index in [-0.39, 0.29) is 0 Å². The third-order valence-electron chi connectivity index (χ3n) is 2.90. The predicted molar refractivity (Wildman–Crippen MR) is 76.6 cm³/mol. The maximum atomic E-state index is 8.96. The minimum atomic E-state index is 0.374. The van der Waals surface area contributed by atoms with Gasteiger partial charge in [0.25, 0.3) is 0 Å². The van der Waals surface area contributed by atoms with Gasteiger partial charge < -0.3 is 9.64 Å². The molecular formula is C15H16N4O. The lowest BCUT2D eigenvalue weighted by molar-refractivity contribution is 0.409. The Bertz CT molecular complexity index is 649. The molecule has 2 rings (SSSR count). The number of rotatable bonds is 4. The Morgan fingerprint density at radius 1 is 1.30 bits per heavy atom. The number of anilines is 1. The summed E-state index contributed by atoms with van der Waals surface area (Å²) in [6, 6.07) is 11.5. The van der Waals surface area contributed by atoms with Crippen LogP contribution in [0.15, 0.2) is 30.3 Å². The van der Waals surface area contributed by atoms with Crippen molar-refractivity contribution in [1.29, 1.82) is 5.26 Å². The van der Waals surface area contributed by atoms with Crippen LogP contribution >= 0.6 is 0 Å². The smallest absolute Gasteiger partial charge is 0.226 e. The molecule has 2 aromatic rings. The molecule has 1 heterocycles. The van der Waals surface area contributed by atoms with Gasteiger partial charge in [0.15, 0.2) is 0 Å². The quantitative estimate of drug-likeness (QED) is 0.851. The molecule has 0 aliphatic rings. The molecule has 0 saturated heterocycles. The highest BCUT2D eigenvalue weighted by Crippen LogP contribution is 2.20. The molecule has 0 unspecified atom stereocenters. The highest BCUT2D eigenvalue weighted by atomic mass is 16.5. The van der Waals surface area contributed by atoms with Crippen molar-refractivity contribution >= 4 is 5.95 Å². The summed E-state index contributed by atoms with van der Waals surface area (Å²) in [5, 5.41) is 8.96. The zero-order valence-corrected chi connectivity index (χ0v) is 11.8. The molecule has 0 amide bonds. The van der Waals surface area contributed by atoms with Crippen LogP contribution in [0.3, 0.4) is 0 Å². The molecule has 0 N–H and O–H groups in total. The maximum Gasteiger partial charge on any atom is 0.226 e. The lowest BCUT2D eigenvalue weighted by atomic mass is 10.2. The van der Waals surface area contributed by atoms with Crippen molar-refractivity contribution in [3.63, 3.8) is 0 Å². The lowest BCUT2D eigenvalue weighted by Crippen LogP contribution is -2.20. The summed E-state index contributed by atoms with van der Waals surface area (Å²) >= 11 is 0. The lowest BCUT2D eigenvalue weighted by Gasteiger charge is -2.19. The van der Waals surface area contributed by atoms with Crippen molar-refractivity contribution in [1.82, 2.24) is 9.97 Å². The number of aromatic nitrogens is 2. The Morgan fingerprint density at radius 2 is 2.05 bits per heavy atom. The SMILES string of the molecule is COc1ccccc1CN(C)c1nc(C)cc(C#N)n1. The zero-order chi connectivity index (χ0) is 14.5. The molecule has 0 spiro atoms. The molecule has 5 nitrogen and oxygen atoms in total. The summed E-state index contributed by atoms with van der Waals surface area (Å²) in [6.45, 7) is 2.46. The van der Waals surface area contributed by atoms with Crippen molar-refractivity contribution in [2.45, 2.75) is 13.5 Å². The van der Waals surface area contributed by atoms with E-state index in [0.717, 1.165) is 17.0 Å². The van der Waals surface area contributed by atoms with Gasteiger partial charge in [-0.05, 0) is 19.1 Å². The average molecular weight is 268 g/mol. The van der Waals surface area contributed by atoms with Crippen molar-refractivity contribution < 1.29 is 4.74 Å². The molecule has 0 aliphatic heterocycles. The third kappa shape index (κ3) is 3.04. The Balaban J connectivity index is 2.26. The van der Waals surface area contributed by atoms with E-state index in [9.17, 15) is 0 Å². The third-order valence-corrected chi connectivity index (χ3v) is 2.90. The van der Waals surface area contributed by atoms with Crippen LogP contribution in [0.5, 0.6) is 5.75 Å². The van der Waals surface area contributed by atoms with Gasteiger partial charge >= 0.3 is 0 Å². The van der Waals surface area contributed by atoms with Gasteiger partial charge in [-0.3, -0.25) is 0 Å². The second kappa shape index (κ2) is 6.02. The molecule has 20 heavy (non-hydrogen) atoms. The number of hydrogen-bond acceptors (Lipinski definition) is 5. The van der Waals surface area contributed by atoms with E-state index < -0.39 is 0 Å². The van der Waals surface area contributed by atoms with Crippen molar-refractivity contribution in [3.8, 4) is 11.8 Å². The van der Waals surface area contributed by atoms with Gasteiger partial charge in [-0.1, -0.05) is 18.2 Å². The molecule has 1 aromatic carbocycles. The molecule has 1 aromatic heterocycles. The maximum absolute atomic E-state index is 8.96. The molecule has 0 aliphatic carbocycles. The fourth-order valence-electron chi connectivity index (χ4n) is 1.94. The van der Waals surface area contributed by atoms with Gasteiger partial charge in [-0.25, -0.2) is 9.97 Å². The van der Waals surface area contributed by atoms with Crippen LogP contribution in [0.4, 0.5) is 5.95 Å². The van der Waals surface area contributed by atoms with Crippen LogP contribution in [0, 0.1) is 18.3 Å². The van der Waals surface area contributed by atoms with E-state index in [0.29, 0.717) is 18.2 Å². The number of para-hydroxylation sites is 1. The van der Waals surface area contributed by atoms with Gasteiger partial charge in [-0.2, -0.15) is 5.26 Å². The molecule has 0 radical (unpaired) electrons. The molecule has 5 heteroatoms. The normalized spacial score (nSPS) is 9.90. The second-order valence-electron chi connectivity index (χ2n) is 4.47. The first-order chi connectivity index (χ1) is 9.63. The van der Waals surface area contributed by atoms with E-state index >= 15 is 0 Å². The Labute approximate surface area is 118 Å². The Kier molecular flexibility index (Phi) is 4.16. The summed E-state index contributed by atoms with van der Waals surface area (Å²) in [5.74, 6) is 1.36. The van der Waals surface area contributed by atoms with Crippen LogP contribution < -0.4 is 9.64 Å². The van der Waals surface area contributed by atoms with Crippen LogP contribution in [0.2, 0.25) is 0 Å². The Morgan fingerprint density at radius 3 is 2.75 bits per heavy atom. The molecule has 0 bridgehead atoms. The highest BCUT2D eigenvalue weighted by Gasteiger charge is 2.10. The van der Waals surface area contributed by atoms with E-state index in [2.05, 4.69) is 9.97 Å². The molecular weight excluding hydrogens is 252 g/mol. The van der Waals surface area contributed by atoms with E-state index in [1.165, 1.54) is 0 Å². The van der Waals surface area contributed by atoms with Gasteiger partial charge in [0.2, 0.25) is 5.95 Å². The summed E-state index contributed by atoms with van der Waals surface area (Å²) in [4.78, 5) is 10.5. The standard InChI is InChI=1S/C15H16N4O/c1-11-8-13(9-16)18-15(17-11)19(2)10-12-6-4-5-7-14(12)20-3/h4-8H,10H2,1-3H3. The van der Waals surface area contributed by atoms with Gasteiger partial charge in [0.05, 0.1) is 7.11 Å². The van der Waals surface area contributed by atoms with Crippen LogP contribution in [-0.2, 0) is 6.54 Å². The number of benzene rings is 1. The fourth-order valence-corrected chi connectivity index (χ4v) is 1.94. The van der Waals surface area contributed by atoms with Crippen LogP contribution in [-0.4, -0.2) is 24.1 Å². The summed E-state index contributed by atoms with van der Waals surface area (Å²) in [6.07, 6.45) is 0. The summed E-state index contributed by atoms with van der Waals surface area (Å²) in [7, 11) is 3.54. The largest absolute Gasteiger partial charge is 0.496 e. The minimum Gasteiger partial charge on any atom is -0.496 e. The number of aryl methyl sites for hydroxylation is 1. The van der Waals surface area contributed by atoms with Crippen LogP contribution in [0.25, 0.3) is 0 Å². The number of ether oxygens (including phenoxy) is 1. The van der Waals surface area contributed by atoms with Gasteiger partial charge in [0.1, 0.15) is 17.5 Å². The van der Waals surface area contributed by atoms with E-state index in [1.807, 2.05) is 49.2 Å². The molecule has 0 atom stereocenters. The van der Waals surface area contributed by atoms with Crippen LogP contribution in [0.1, 0.15) is 17.0 Å². The van der Waals surface area contributed by atoms with Gasteiger partial charge in [-0.15, -0.1) is 0 Å². The zero-order valence-electron chi connectivity index (χ0n) is 11.8. The molecule has 102 valence electrons. The first-order valence-electron chi connectivity index (χ1n) is 6.23. The first-order valence-corrected chi connectivity index (χ1v) is 6.23. The van der Waals surface area contributed by atoms with E-state index in [4.69, 9.17) is 10.00 Å². The van der Waals surface area contributed by atoms with Gasteiger partial charge in [0, 0.05) is 24.8 Å². The number of nitriles is 1. The first kappa shape index (κ1) is 13.8. The predicted octanol–water partition coefficient (Wildman–Crippen LogP) is 2.30. The Hall–Kier alpha value is -2.61.